The zero-order valence-electron chi connectivity index (χ0n) is 18.6. The largest absolute Gasteiger partial charge is 0.444 e. The van der Waals surface area contributed by atoms with Crippen molar-refractivity contribution >= 4 is 12.0 Å². The number of benzene rings is 1. The van der Waals surface area contributed by atoms with E-state index < -0.39 is 17.2 Å². The summed E-state index contributed by atoms with van der Waals surface area (Å²) < 4.78 is 5.27. The van der Waals surface area contributed by atoms with E-state index in [1.54, 1.807) is 0 Å². The van der Waals surface area contributed by atoms with E-state index in [0.29, 0.717) is 19.4 Å². The molecule has 1 aromatic rings. The van der Waals surface area contributed by atoms with Crippen LogP contribution in [0.5, 0.6) is 0 Å². The number of nitrogens with one attached hydrogen (secondary N) is 2. The van der Waals surface area contributed by atoms with Crippen molar-refractivity contribution < 1.29 is 14.3 Å². The highest BCUT2D eigenvalue weighted by Gasteiger charge is 2.51. The predicted molar refractivity (Wildman–Crippen MR) is 117 cm³/mol. The molecule has 0 spiro atoms. The fourth-order valence-electron chi connectivity index (χ4n) is 3.32. The first-order chi connectivity index (χ1) is 13.7. The van der Waals surface area contributed by atoms with Crippen LogP contribution < -0.4 is 10.6 Å². The van der Waals surface area contributed by atoms with Crippen LogP contribution in [0.3, 0.4) is 0 Å². The molecule has 2 N–H and O–H groups in total. The summed E-state index contributed by atoms with van der Waals surface area (Å²) in [5.74, 6) is -0.139. The summed E-state index contributed by atoms with van der Waals surface area (Å²) in [6.45, 7) is 8.13. The van der Waals surface area contributed by atoms with Crippen LogP contribution in [0.25, 0.3) is 0 Å². The number of carbonyl (C=O) groups is 2. The van der Waals surface area contributed by atoms with Gasteiger partial charge in [-0.25, -0.2) is 4.79 Å². The molecule has 0 aromatic heterocycles. The first kappa shape index (κ1) is 23.2. The van der Waals surface area contributed by atoms with E-state index in [1.807, 2.05) is 20.8 Å². The number of amides is 2. The lowest BCUT2D eigenvalue weighted by atomic mass is 10.0. The third kappa shape index (κ3) is 8.46. The van der Waals surface area contributed by atoms with Crippen molar-refractivity contribution in [1.29, 1.82) is 0 Å². The Kier molecular flexibility index (Phi) is 8.54. The second kappa shape index (κ2) is 10.7. The lowest BCUT2D eigenvalue weighted by molar-refractivity contribution is -0.124. The lowest BCUT2D eigenvalue weighted by Crippen LogP contribution is -2.50. The minimum Gasteiger partial charge on any atom is -0.444 e. The second-order valence-electron chi connectivity index (χ2n) is 9.23. The number of unbranched alkanes of at least 4 members (excludes halogenated alkanes) is 5. The fraction of sp³-hybridized carbons (Fsp3) is 0.667. The van der Waals surface area contributed by atoms with Crippen molar-refractivity contribution in [3.63, 3.8) is 0 Å². The number of ether oxygens (including phenoxy) is 1. The Morgan fingerprint density at radius 3 is 2.14 bits per heavy atom. The van der Waals surface area contributed by atoms with Gasteiger partial charge in [0.05, 0.1) is 0 Å². The third-order valence-electron chi connectivity index (χ3n) is 5.22. The van der Waals surface area contributed by atoms with Gasteiger partial charge in [-0.15, -0.1) is 0 Å². The highest BCUT2D eigenvalue weighted by Crippen LogP contribution is 2.36. The monoisotopic (exact) mass is 402 g/mol. The highest BCUT2D eigenvalue weighted by atomic mass is 16.6. The maximum absolute atomic E-state index is 12.5. The molecule has 1 aliphatic carbocycles. The van der Waals surface area contributed by atoms with Gasteiger partial charge >= 0.3 is 6.09 Å². The molecule has 1 aliphatic rings. The SMILES string of the molecule is CCCCCCCCc1ccc(CNC(=O)C2(NC(=O)OC(C)(C)C)CC2)cc1. The molecule has 2 amide bonds. The molecule has 2 rings (SSSR count). The average molecular weight is 403 g/mol. The van der Waals surface area contributed by atoms with Crippen LogP contribution in [-0.4, -0.2) is 23.1 Å². The van der Waals surface area contributed by atoms with Gasteiger partial charge in [0.2, 0.25) is 5.91 Å². The third-order valence-corrected chi connectivity index (χ3v) is 5.22. The van der Waals surface area contributed by atoms with Gasteiger partial charge in [0, 0.05) is 6.54 Å². The Hall–Kier alpha value is -2.04. The van der Waals surface area contributed by atoms with Crippen LogP contribution in [-0.2, 0) is 22.5 Å². The molecular weight excluding hydrogens is 364 g/mol. The molecule has 0 aliphatic heterocycles. The molecule has 1 saturated carbocycles. The van der Waals surface area contributed by atoms with Crippen LogP contribution in [0.1, 0.15) is 90.2 Å². The van der Waals surface area contributed by atoms with Crippen LogP contribution in [0.4, 0.5) is 4.79 Å². The van der Waals surface area contributed by atoms with Crippen LogP contribution in [0.2, 0.25) is 0 Å². The molecule has 0 saturated heterocycles. The van der Waals surface area contributed by atoms with E-state index in [9.17, 15) is 9.59 Å². The number of hydrogen-bond acceptors (Lipinski definition) is 3. The summed E-state index contributed by atoms with van der Waals surface area (Å²) in [7, 11) is 0. The summed E-state index contributed by atoms with van der Waals surface area (Å²) in [5, 5.41) is 5.69. The van der Waals surface area contributed by atoms with Gasteiger partial charge in [-0.05, 0) is 57.6 Å². The Morgan fingerprint density at radius 1 is 0.966 bits per heavy atom. The van der Waals surface area contributed by atoms with Crippen LogP contribution in [0.15, 0.2) is 24.3 Å². The van der Waals surface area contributed by atoms with Crippen molar-refractivity contribution in [2.24, 2.45) is 0 Å². The molecule has 0 radical (unpaired) electrons. The molecule has 0 atom stereocenters. The topological polar surface area (TPSA) is 67.4 Å². The van der Waals surface area contributed by atoms with Crippen LogP contribution >= 0.6 is 0 Å². The number of hydrogen-bond donors (Lipinski definition) is 2. The second-order valence-corrected chi connectivity index (χ2v) is 9.23. The molecule has 0 heterocycles. The summed E-state index contributed by atoms with van der Waals surface area (Å²) in [6, 6.07) is 8.46. The summed E-state index contributed by atoms with van der Waals surface area (Å²) >= 11 is 0. The Morgan fingerprint density at radius 2 is 1.55 bits per heavy atom. The summed E-state index contributed by atoms with van der Waals surface area (Å²) in [4.78, 5) is 24.5. The smallest absolute Gasteiger partial charge is 0.408 e. The van der Waals surface area contributed by atoms with E-state index in [2.05, 4.69) is 41.8 Å². The van der Waals surface area contributed by atoms with E-state index in [4.69, 9.17) is 4.74 Å². The van der Waals surface area contributed by atoms with Crippen molar-refractivity contribution in [2.45, 2.75) is 103 Å². The lowest BCUT2D eigenvalue weighted by Gasteiger charge is -2.23. The molecule has 29 heavy (non-hydrogen) atoms. The highest BCUT2D eigenvalue weighted by molar-refractivity contribution is 5.92. The standard InChI is InChI=1S/C24H38N2O3/c1-5-6-7-8-9-10-11-19-12-14-20(15-13-19)18-25-21(27)24(16-17-24)26-22(28)29-23(2,3)4/h12-15H,5-11,16-18H2,1-4H3,(H,25,27)(H,26,28). The number of aryl methyl sites for hydroxylation is 1. The summed E-state index contributed by atoms with van der Waals surface area (Å²) in [6.07, 6.45) is 9.71. The van der Waals surface area contributed by atoms with Gasteiger partial charge in [0.15, 0.2) is 0 Å². The van der Waals surface area contributed by atoms with E-state index >= 15 is 0 Å². The summed E-state index contributed by atoms with van der Waals surface area (Å²) in [5.41, 5.74) is 1.03. The van der Waals surface area contributed by atoms with Gasteiger partial charge in [-0.1, -0.05) is 63.3 Å². The molecule has 0 unspecified atom stereocenters. The Balaban J connectivity index is 1.71. The van der Waals surface area contributed by atoms with E-state index in [1.165, 1.54) is 44.1 Å². The molecule has 5 nitrogen and oxygen atoms in total. The van der Waals surface area contributed by atoms with Gasteiger partial charge in [-0.3, -0.25) is 4.79 Å². The van der Waals surface area contributed by atoms with E-state index in [-0.39, 0.29) is 5.91 Å². The molecule has 0 bridgehead atoms. The van der Waals surface area contributed by atoms with Gasteiger partial charge < -0.3 is 15.4 Å². The van der Waals surface area contributed by atoms with E-state index in [0.717, 1.165) is 12.0 Å². The number of carbonyl (C=O) groups excluding carboxylic acids is 2. The molecule has 5 heteroatoms. The van der Waals surface area contributed by atoms with Crippen molar-refractivity contribution in [3.8, 4) is 0 Å². The fourth-order valence-corrected chi connectivity index (χ4v) is 3.32. The van der Waals surface area contributed by atoms with Gasteiger partial charge in [0.1, 0.15) is 11.1 Å². The first-order valence-electron chi connectivity index (χ1n) is 11.1. The maximum atomic E-state index is 12.5. The number of rotatable bonds is 11. The number of alkyl carbamates (subject to hydrolysis) is 1. The van der Waals surface area contributed by atoms with Crippen molar-refractivity contribution in [3.05, 3.63) is 35.4 Å². The minimum absolute atomic E-state index is 0.139. The minimum atomic E-state index is -0.806. The normalized spacial score (nSPS) is 14.9. The maximum Gasteiger partial charge on any atom is 0.408 e. The van der Waals surface area contributed by atoms with Crippen molar-refractivity contribution in [1.82, 2.24) is 10.6 Å². The average Bonchev–Trinajstić information content (AvgIpc) is 3.42. The van der Waals surface area contributed by atoms with Crippen LogP contribution in [0, 0.1) is 0 Å². The molecule has 1 aromatic carbocycles. The zero-order chi connectivity index (χ0) is 21.3. The quantitative estimate of drug-likeness (QED) is 0.496. The molecule has 1 fully saturated rings. The zero-order valence-corrected chi connectivity index (χ0v) is 18.6. The first-order valence-corrected chi connectivity index (χ1v) is 11.1. The molecule has 162 valence electrons. The van der Waals surface area contributed by atoms with Gasteiger partial charge in [0.25, 0.3) is 0 Å². The van der Waals surface area contributed by atoms with Gasteiger partial charge in [-0.2, -0.15) is 0 Å². The Bertz CT molecular complexity index is 658. The molecular formula is C24H38N2O3. The predicted octanol–water partition coefficient (Wildman–Crippen LogP) is 5.26. The van der Waals surface area contributed by atoms with Crippen molar-refractivity contribution in [2.75, 3.05) is 0 Å². The Labute approximate surface area is 176 Å².